The Morgan fingerprint density at radius 3 is 2.31 bits per heavy atom. The fraction of sp³-hybridized carbons (Fsp3) is 0.333. The Hall–Kier alpha value is -1.09. The van der Waals surface area contributed by atoms with Gasteiger partial charge in [0.05, 0.1) is 4.92 Å². The Bertz CT molecular complexity index is 336. The summed E-state index contributed by atoms with van der Waals surface area (Å²) < 4.78 is 0. The van der Waals surface area contributed by atoms with Crippen molar-refractivity contribution < 1.29 is 4.92 Å². The average Bonchev–Trinajstić information content (AvgIpc) is 2.83. The second-order valence-corrected chi connectivity index (χ2v) is 3.77. The van der Waals surface area contributed by atoms with Crippen molar-refractivity contribution in [3.05, 3.63) is 39.9 Å². The topological polar surface area (TPSA) is 43.1 Å². The van der Waals surface area contributed by atoms with Gasteiger partial charge in [-0.3, -0.25) is 10.1 Å². The van der Waals surface area contributed by atoms with Gasteiger partial charge >= 0.3 is 0 Å². The minimum Gasteiger partial charge on any atom is -0.258 e. The van der Waals surface area contributed by atoms with Gasteiger partial charge < -0.3 is 0 Å². The lowest BCUT2D eigenvalue weighted by Crippen LogP contribution is -1.88. The molecule has 0 amide bonds. The van der Waals surface area contributed by atoms with Crippen LogP contribution in [-0.2, 0) is 0 Å². The van der Waals surface area contributed by atoms with E-state index in [9.17, 15) is 10.1 Å². The summed E-state index contributed by atoms with van der Waals surface area (Å²) in [5, 5.41) is 10.6. The molecule has 13 heavy (non-hydrogen) atoms. The summed E-state index contributed by atoms with van der Waals surface area (Å²) in [7, 11) is 0. The third-order valence-electron chi connectivity index (χ3n) is 2.24. The molecule has 1 aromatic rings. The van der Waals surface area contributed by atoms with E-state index in [4.69, 9.17) is 11.6 Å². The Kier molecular flexibility index (Phi) is 1.96. The SMILES string of the molecule is O=[N+]([O-])c1ccc([C@@H]2C[C@H]2Cl)cc1. The van der Waals surface area contributed by atoms with E-state index >= 15 is 0 Å². The zero-order chi connectivity index (χ0) is 9.42. The van der Waals surface area contributed by atoms with Gasteiger partial charge in [0.15, 0.2) is 0 Å². The quantitative estimate of drug-likeness (QED) is 0.416. The summed E-state index contributed by atoms with van der Waals surface area (Å²) in [4.78, 5) is 9.95. The van der Waals surface area contributed by atoms with Crippen molar-refractivity contribution in [3.63, 3.8) is 0 Å². The highest BCUT2D eigenvalue weighted by Crippen LogP contribution is 2.45. The number of alkyl halides is 1. The van der Waals surface area contributed by atoms with Crippen molar-refractivity contribution in [1.82, 2.24) is 0 Å². The molecule has 0 unspecified atom stereocenters. The number of nitro groups is 1. The van der Waals surface area contributed by atoms with Gasteiger partial charge in [-0.2, -0.15) is 0 Å². The first-order chi connectivity index (χ1) is 6.18. The molecule has 2 rings (SSSR count). The van der Waals surface area contributed by atoms with Gasteiger partial charge in [-0.15, -0.1) is 11.6 Å². The van der Waals surface area contributed by atoms with Crippen LogP contribution in [0.2, 0.25) is 0 Å². The number of halogens is 1. The van der Waals surface area contributed by atoms with Gasteiger partial charge in [0.25, 0.3) is 5.69 Å². The van der Waals surface area contributed by atoms with Gasteiger partial charge in [-0.05, 0) is 12.0 Å². The molecule has 1 fully saturated rings. The van der Waals surface area contributed by atoms with Crippen molar-refractivity contribution >= 4 is 17.3 Å². The molecule has 68 valence electrons. The van der Waals surface area contributed by atoms with Crippen LogP contribution in [0.15, 0.2) is 24.3 Å². The first-order valence-electron chi connectivity index (χ1n) is 4.07. The lowest BCUT2D eigenvalue weighted by atomic mass is 10.1. The second kappa shape index (κ2) is 3.00. The molecule has 2 atom stereocenters. The molecule has 1 saturated carbocycles. The number of non-ortho nitro benzene ring substituents is 1. The lowest BCUT2D eigenvalue weighted by molar-refractivity contribution is -0.384. The van der Waals surface area contributed by atoms with Crippen molar-refractivity contribution in [3.8, 4) is 0 Å². The molecule has 0 aliphatic heterocycles. The Labute approximate surface area is 80.5 Å². The maximum atomic E-state index is 10.3. The molecule has 0 heterocycles. The van der Waals surface area contributed by atoms with Crippen molar-refractivity contribution in [2.75, 3.05) is 0 Å². The standard InChI is InChI=1S/C9H8ClNO2/c10-9-5-8(9)6-1-3-7(4-2-6)11(12)13/h1-4,8-9H,5H2/t8-,9+/m0/s1. The van der Waals surface area contributed by atoms with Gasteiger partial charge in [0.1, 0.15) is 0 Å². The Morgan fingerprint density at radius 1 is 1.38 bits per heavy atom. The van der Waals surface area contributed by atoms with Gasteiger partial charge in [0.2, 0.25) is 0 Å². The maximum Gasteiger partial charge on any atom is 0.269 e. The van der Waals surface area contributed by atoms with E-state index in [1.807, 2.05) is 0 Å². The van der Waals surface area contributed by atoms with Crippen LogP contribution in [0.25, 0.3) is 0 Å². The van der Waals surface area contributed by atoms with Crippen LogP contribution in [0.4, 0.5) is 5.69 Å². The zero-order valence-electron chi connectivity index (χ0n) is 6.81. The molecular formula is C9H8ClNO2. The van der Waals surface area contributed by atoms with E-state index in [2.05, 4.69) is 0 Å². The Morgan fingerprint density at radius 2 is 1.92 bits per heavy atom. The predicted molar refractivity (Wildman–Crippen MR) is 50.1 cm³/mol. The van der Waals surface area contributed by atoms with Crippen LogP contribution in [0.1, 0.15) is 17.9 Å². The summed E-state index contributed by atoms with van der Waals surface area (Å²) in [5.74, 6) is 0.405. The molecule has 0 aromatic heterocycles. The molecule has 0 N–H and O–H groups in total. The molecule has 1 aliphatic rings. The monoisotopic (exact) mass is 197 g/mol. The first-order valence-corrected chi connectivity index (χ1v) is 4.50. The van der Waals surface area contributed by atoms with Crippen LogP contribution < -0.4 is 0 Å². The lowest BCUT2D eigenvalue weighted by Gasteiger charge is -1.96. The third kappa shape index (κ3) is 1.65. The number of hydrogen-bond acceptors (Lipinski definition) is 2. The summed E-state index contributed by atoms with van der Waals surface area (Å²) in [6.45, 7) is 0. The summed E-state index contributed by atoms with van der Waals surface area (Å²) in [6, 6.07) is 6.62. The zero-order valence-corrected chi connectivity index (χ0v) is 7.57. The van der Waals surface area contributed by atoms with Gasteiger partial charge in [0, 0.05) is 23.4 Å². The number of benzene rings is 1. The van der Waals surface area contributed by atoms with E-state index in [1.54, 1.807) is 12.1 Å². The van der Waals surface area contributed by atoms with Gasteiger partial charge in [-0.1, -0.05) is 12.1 Å². The maximum absolute atomic E-state index is 10.3. The van der Waals surface area contributed by atoms with Crippen LogP contribution in [-0.4, -0.2) is 10.3 Å². The van der Waals surface area contributed by atoms with E-state index < -0.39 is 4.92 Å². The van der Waals surface area contributed by atoms with Crippen LogP contribution in [0.5, 0.6) is 0 Å². The number of hydrogen-bond donors (Lipinski definition) is 0. The molecule has 0 spiro atoms. The fourth-order valence-corrected chi connectivity index (χ4v) is 1.69. The molecule has 0 saturated heterocycles. The summed E-state index contributed by atoms with van der Waals surface area (Å²) >= 11 is 5.85. The first kappa shape index (κ1) is 8.51. The van der Waals surface area contributed by atoms with Crippen LogP contribution in [0.3, 0.4) is 0 Å². The van der Waals surface area contributed by atoms with Crippen molar-refractivity contribution in [2.45, 2.75) is 17.7 Å². The molecular weight excluding hydrogens is 190 g/mol. The molecule has 0 bridgehead atoms. The largest absolute Gasteiger partial charge is 0.269 e. The smallest absolute Gasteiger partial charge is 0.258 e. The number of rotatable bonds is 2. The Balaban J connectivity index is 2.19. The minimum absolute atomic E-state index is 0.135. The van der Waals surface area contributed by atoms with Crippen LogP contribution in [0, 0.1) is 10.1 Å². The highest BCUT2D eigenvalue weighted by Gasteiger charge is 2.36. The fourth-order valence-electron chi connectivity index (χ4n) is 1.35. The molecule has 1 aliphatic carbocycles. The summed E-state index contributed by atoms with van der Waals surface area (Å²) in [5.41, 5.74) is 1.24. The second-order valence-electron chi connectivity index (χ2n) is 3.21. The normalized spacial score (nSPS) is 25.6. The van der Waals surface area contributed by atoms with E-state index in [0.717, 1.165) is 12.0 Å². The minimum atomic E-state index is -0.394. The molecule has 3 nitrogen and oxygen atoms in total. The highest BCUT2D eigenvalue weighted by atomic mass is 35.5. The van der Waals surface area contributed by atoms with Crippen molar-refractivity contribution in [1.29, 1.82) is 0 Å². The third-order valence-corrected chi connectivity index (χ3v) is 2.73. The molecule has 4 heteroatoms. The van der Waals surface area contributed by atoms with Crippen molar-refractivity contribution in [2.24, 2.45) is 0 Å². The highest BCUT2D eigenvalue weighted by molar-refractivity contribution is 6.23. The van der Waals surface area contributed by atoms with E-state index in [-0.39, 0.29) is 11.1 Å². The summed E-state index contributed by atoms with van der Waals surface area (Å²) in [6.07, 6.45) is 0.985. The number of nitrogens with zero attached hydrogens (tertiary/aromatic N) is 1. The predicted octanol–water partition coefficient (Wildman–Crippen LogP) is 2.69. The van der Waals surface area contributed by atoms with E-state index in [1.165, 1.54) is 12.1 Å². The number of nitro benzene ring substituents is 1. The van der Waals surface area contributed by atoms with E-state index in [0.29, 0.717) is 5.92 Å². The van der Waals surface area contributed by atoms with Gasteiger partial charge in [-0.25, -0.2) is 0 Å². The average molecular weight is 198 g/mol. The molecule has 1 aromatic carbocycles. The van der Waals surface area contributed by atoms with Crippen LogP contribution >= 0.6 is 11.6 Å². The molecule has 0 radical (unpaired) electrons.